The van der Waals surface area contributed by atoms with Crippen LogP contribution in [0.3, 0.4) is 0 Å². The summed E-state index contributed by atoms with van der Waals surface area (Å²) in [4.78, 5) is 29.5. The highest BCUT2D eigenvalue weighted by Crippen LogP contribution is 2.18. The third kappa shape index (κ3) is 3.63. The Labute approximate surface area is 114 Å². The molecule has 1 heterocycles. The van der Waals surface area contributed by atoms with Gasteiger partial charge >= 0.3 is 0 Å². The van der Waals surface area contributed by atoms with E-state index in [1.54, 1.807) is 0 Å². The van der Waals surface area contributed by atoms with Gasteiger partial charge in [0.25, 0.3) is 5.56 Å². The van der Waals surface area contributed by atoms with Crippen LogP contribution in [0.15, 0.2) is 9.95 Å². The highest BCUT2D eigenvalue weighted by molar-refractivity contribution is 7.99. The van der Waals surface area contributed by atoms with E-state index in [0.717, 1.165) is 24.6 Å². The van der Waals surface area contributed by atoms with Gasteiger partial charge in [0.2, 0.25) is 5.91 Å². The lowest BCUT2D eigenvalue weighted by atomic mass is 10.2. The van der Waals surface area contributed by atoms with E-state index in [1.807, 2.05) is 0 Å². The lowest BCUT2D eigenvalue weighted by Crippen LogP contribution is -2.33. The monoisotopic (exact) mass is 283 g/mol. The Balaban J connectivity index is 1.88. The quantitative estimate of drug-likeness (QED) is 0.458. The zero-order valence-corrected chi connectivity index (χ0v) is 11.3. The highest BCUT2D eigenvalue weighted by Gasteiger charge is 2.17. The molecular weight excluding hydrogens is 266 g/mol. The average molecular weight is 283 g/mol. The SMILES string of the molecule is Nc1nc(SCC(=O)NC2CCCC2)[nH]c(=O)c1N. The first-order valence-corrected chi connectivity index (χ1v) is 7.12. The maximum Gasteiger partial charge on any atom is 0.276 e. The fraction of sp³-hybridized carbons (Fsp3) is 0.545. The summed E-state index contributed by atoms with van der Waals surface area (Å²) in [6.45, 7) is 0. The number of nitrogen functional groups attached to an aromatic ring is 2. The fourth-order valence-corrected chi connectivity index (χ4v) is 2.70. The molecule has 1 aromatic rings. The van der Waals surface area contributed by atoms with E-state index < -0.39 is 5.56 Å². The van der Waals surface area contributed by atoms with E-state index in [-0.39, 0.29) is 29.2 Å². The molecule has 0 radical (unpaired) electrons. The van der Waals surface area contributed by atoms with E-state index in [1.165, 1.54) is 12.8 Å². The van der Waals surface area contributed by atoms with Crippen molar-refractivity contribution in [3.63, 3.8) is 0 Å². The van der Waals surface area contributed by atoms with Crippen LogP contribution in [0, 0.1) is 0 Å². The number of aromatic nitrogens is 2. The Morgan fingerprint density at radius 2 is 2.11 bits per heavy atom. The predicted octanol–water partition coefficient (Wildman–Crippen LogP) is 0.0852. The molecule has 104 valence electrons. The van der Waals surface area contributed by atoms with Gasteiger partial charge in [-0.25, -0.2) is 4.98 Å². The number of rotatable bonds is 4. The second-order valence-electron chi connectivity index (χ2n) is 4.51. The summed E-state index contributed by atoms with van der Waals surface area (Å²) >= 11 is 1.13. The van der Waals surface area contributed by atoms with Crippen molar-refractivity contribution in [2.45, 2.75) is 36.9 Å². The molecule has 0 saturated heterocycles. The Kier molecular flexibility index (Phi) is 4.31. The summed E-state index contributed by atoms with van der Waals surface area (Å²) in [6, 6.07) is 0.289. The molecule has 0 aliphatic heterocycles. The Morgan fingerprint density at radius 3 is 2.74 bits per heavy atom. The summed E-state index contributed by atoms with van der Waals surface area (Å²) in [5.41, 5.74) is 10.3. The number of H-pyrrole nitrogens is 1. The number of carbonyl (C=O) groups is 1. The standard InChI is InChI=1S/C11H17N5O2S/c12-8-9(13)15-11(16-10(8)18)19-5-7(17)14-6-3-1-2-4-6/h6H,1-5,12H2,(H,14,17)(H3,13,15,16,18). The molecule has 1 aromatic heterocycles. The van der Waals surface area contributed by atoms with Gasteiger partial charge in [0.15, 0.2) is 11.0 Å². The zero-order chi connectivity index (χ0) is 13.8. The van der Waals surface area contributed by atoms with Crippen LogP contribution in [-0.4, -0.2) is 27.7 Å². The largest absolute Gasteiger partial charge is 0.391 e. The van der Waals surface area contributed by atoms with Gasteiger partial charge in [-0.05, 0) is 12.8 Å². The summed E-state index contributed by atoms with van der Waals surface area (Å²) in [7, 11) is 0. The number of nitrogens with zero attached hydrogens (tertiary/aromatic N) is 1. The molecule has 1 aliphatic rings. The van der Waals surface area contributed by atoms with Crippen LogP contribution in [0.5, 0.6) is 0 Å². The minimum absolute atomic E-state index is 0.0116. The Morgan fingerprint density at radius 1 is 1.42 bits per heavy atom. The van der Waals surface area contributed by atoms with E-state index >= 15 is 0 Å². The van der Waals surface area contributed by atoms with Crippen molar-refractivity contribution >= 4 is 29.2 Å². The first-order chi connectivity index (χ1) is 9.06. The highest BCUT2D eigenvalue weighted by atomic mass is 32.2. The zero-order valence-electron chi connectivity index (χ0n) is 10.4. The van der Waals surface area contributed by atoms with Crippen molar-refractivity contribution in [2.75, 3.05) is 17.2 Å². The number of thioether (sulfide) groups is 1. The number of hydrogen-bond donors (Lipinski definition) is 4. The molecule has 19 heavy (non-hydrogen) atoms. The van der Waals surface area contributed by atoms with Gasteiger partial charge in [-0.2, -0.15) is 0 Å². The number of amides is 1. The normalized spacial score (nSPS) is 15.6. The molecule has 0 aromatic carbocycles. The maximum atomic E-state index is 11.7. The van der Waals surface area contributed by atoms with Crippen LogP contribution in [-0.2, 0) is 4.79 Å². The summed E-state index contributed by atoms with van der Waals surface area (Å²) in [6.07, 6.45) is 4.42. The maximum absolute atomic E-state index is 11.7. The van der Waals surface area contributed by atoms with Gasteiger partial charge in [0.05, 0.1) is 5.75 Å². The van der Waals surface area contributed by atoms with Crippen molar-refractivity contribution in [2.24, 2.45) is 0 Å². The summed E-state index contributed by atoms with van der Waals surface area (Å²) in [5, 5.41) is 3.26. The number of hydrogen-bond acceptors (Lipinski definition) is 6. The molecule has 8 heteroatoms. The van der Waals surface area contributed by atoms with Crippen LogP contribution < -0.4 is 22.3 Å². The van der Waals surface area contributed by atoms with E-state index in [0.29, 0.717) is 5.16 Å². The number of aromatic amines is 1. The number of anilines is 2. The van der Waals surface area contributed by atoms with Gasteiger partial charge in [0, 0.05) is 6.04 Å². The number of nitrogens with two attached hydrogens (primary N) is 2. The molecule has 0 atom stereocenters. The summed E-state index contributed by atoms with van der Waals surface area (Å²) in [5.74, 6) is 0.125. The third-order valence-electron chi connectivity index (χ3n) is 3.02. The van der Waals surface area contributed by atoms with Gasteiger partial charge < -0.3 is 16.8 Å². The van der Waals surface area contributed by atoms with Gasteiger partial charge in [-0.1, -0.05) is 24.6 Å². The lowest BCUT2D eigenvalue weighted by Gasteiger charge is -2.11. The molecule has 1 aliphatic carbocycles. The average Bonchev–Trinajstić information content (AvgIpc) is 2.86. The fourth-order valence-electron chi connectivity index (χ4n) is 2.02. The lowest BCUT2D eigenvalue weighted by molar-refractivity contribution is -0.119. The van der Waals surface area contributed by atoms with E-state index in [2.05, 4.69) is 15.3 Å². The third-order valence-corrected chi connectivity index (χ3v) is 3.90. The minimum Gasteiger partial charge on any atom is -0.391 e. The minimum atomic E-state index is -0.480. The number of carbonyl (C=O) groups excluding carboxylic acids is 1. The Hall–Kier alpha value is -1.70. The van der Waals surface area contributed by atoms with E-state index in [4.69, 9.17) is 11.5 Å². The molecule has 6 N–H and O–H groups in total. The van der Waals surface area contributed by atoms with Crippen molar-refractivity contribution < 1.29 is 4.79 Å². The van der Waals surface area contributed by atoms with Crippen LogP contribution in [0.4, 0.5) is 11.5 Å². The van der Waals surface area contributed by atoms with Crippen molar-refractivity contribution in [3.05, 3.63) is 10.4 Å². The van der Waals surface area contributed by atoms with Crippen molar-refractivity contribution in [1.29, 1.82) is 0 Å². The van der Waals surface area contributed by atoms with Crippen LogP contribution in [0.2, 0.25) is 0 Å². The molecule has 7 nitrogen and oxygen atoms in total. The second-order valence-corrected chi connectivity index (χ2v) is 5.47. The van der Waals surface area contributed by atoms with Gasteiger partial charge in [0.1, 0.15) is 5.69 Å². The van der Waals surface area contributed by atoms with Crippen molar-refractivity contribution in [1.82, 2.24) is 15.3 Å². The predicted molar refractivity (Wildman–Crippen MR) is 74.8 cm³/mol. The van der Waals surface area contributed by atoms with Crippen LogP contribution in [0.1, 0.15) is 25.7 Å². The molecule has 1 fully saturated rings. The van der Waals surface area contributed by atoms with Crippen LogP contribution >= 0.6 is 11.8 Å². The van der Waals surface area contributed by atoms with Gasteiger partial charge in [-0.15, -0.1) is 0 Å². The smallest absolute Gasteiger partial charge is 0.276 e. The topological polar surface area (TPSA) is 127 Å². The molecule has 2 rings (SSSR count). The van der Waals surface area contributed by atoms with Gasteiger partial charge in [-0.3, -0.25) is 14.6 Å². The molecule has 1 amide bonds. The molecule has 1 saturated carbocycles. The summed E-state index contributed by atoms with van der Waals surface area (Å²) < 4.78 is 0. The molecule has 0 bridgehead atoms. The van der Waals surface area contributed by atoms with Crippen molar-refractivity contribution in [3.8, 4) is 0 Å². The first-order valence-electron chi connectivity index (χ1n) is 6.13. The second kappa shape index (κ2) is 5.96. The Bertz CT molecular complexity index is 524. The molecule has 0 spiro atoms. The van der Waals surface area contributed by atoms with Crippen LogP contribution in [0.25, 0.3) is 0 Å². The van der Waals surface area contributed by atoms with E-state index in [9.17, 15) is 9.59 Å². The number of nitrogens with one attached hydrogen (secondary N) is 2. The first kappa shape index (κ1) is 13.7. The molecule has 0 unspecified atom stereocenters. The molecular formula is C11H17N5O2S.